The molecule has 39 heavy (non-hydrogen) atoms. The van der Waals surface area contributed by atoms with Crippen molar-refractivity contribution in [3.05, 3.63) is 76.3 Å². The van der Waals surface area contributed by atoms with Gasteiger partial charge in [-0.3, -0.25) is 14.5 Å². The van der Waals surface area contributed by atoms with Crippen molar-refractivity contribution in [3.63, 3.8) is 0 Å². The Balaban J connectivity index is 1.44. The fraction of sp³-hybridized carbons (Fsp3) is 0.419. The number of ketones is 2. The SMILES string of the molecule is C=C(CN1CCCC1)C(=O)CC[C@H](Cc1ccccc1)NC(=O)[C@@H](CC(C)=O)Cc1nc2ccc(Cl)cc2s1. The fourth-order valence-electron chi connectivity index (χ4n) is 5.07. The highest BCUT2D eigenvalue weighted by Crippen LogP contribution is 2.27. The standard InChI is InChI=1S/C31H36ClN3O3S/c1-21(20-35-14-6-7-15-35)28(37)13-11-26(17-23-8-4-3-5-9-23)33-31(38)24(16-22(2)36)18-30-34-27-12-10-25(32)19-29(27)39-30/h3-5,8-10,12,19,24,26H,1,6-7,11,13-18,20H2,2H3,(H,33,38)/t24-,26+/m0/s1. The molecule has 1 saturated heterocycles. The van der Waals surface area contributed by atoms with Crippen LogP contribution in [-0.4, -0.2) is 53.0 Å². The molecule has 6 nitrogen and oxygen atoms in total. The minimum Gasteiger partial charge on any atom is -0.353 e. The van der Waals surface area contributed by atoms with Gasteiger partial charge >= 0.3 is 0 Å². The molecule has 0 saturated carbocycles. The number of amides is 1. The summed E-state index contributed by atoms with van der Waals surface area (Å²) in [5.74, 6) is -0.737. The molecule has 0 spiro atoms. The number of nitrogens with one attached hydrogen (secondary N) is 1. The zero-order valence-corrected chi connectivity index (χ0v) is 24.0. The van der Waals surface area contributed by atoms with Crippen molar-refractivity contribution in [3.8, 4) is 0 Å². The van der Waals surface area contributed by atoms with Crippen molar-refractivity contribution in [2.45, 2.75) is 57.9 Å². The molecule has 0 radical (unpaired) electrons. The van der Waals surface area contributed by atoms with Crippen molar-refractivity contribution < 1.29 is 14.4 Å². The smallest absolute Gasteiger partial charge is 0.224 e. The molecule has 206 valence electrons. The Morgan fingerprint density at radius 3 is 2.56 bits per heavy atom. The number of rotatable bonds is 14. The minimum atomic E-state index is -0.544. The van der Waals surface area contributed by atoms with Crippen LogP contribution in [0.25, 0.3) is 10.2 Å². The lowest BCUT2D eigenvalue weighted by Crippen LogP contribution is -2.41. The van der Waals surface area contributed by atoms with Gasteiger partial charge in [-0.05, 0) is 69.5 Å². The van der Waals surface area contributed by atoms with Crippen LogP contribution in [-0.2, 0) is 27.2 Å². The predicted molar refractivity (Wildman–Crippen MR) is 158 cm³/mol. The number of Topliss-reactive ketones (excluding diaryl/α,β-unsaturated/α-hetero) is 2. The number of carbonyl (C=O) groups excluding carboxylic acids is 3. The number of fused-ring (bicyclic) bond motifs is 1. The fourth-order valence-corrected chi connectivity index (χ4v) is 6.40. The first kappa shape index (κ1) is 29.1. The van der Waals surface area contributed by atoms with Crippen LogP contribution in [0.3, 0.4) is 0 Å². The van der Waals surface area contributed by atoms with Gasteiger partial charge in [-0.25, -0.2) is 4.98 Å². The van der Waals surface area contributed by atoms with Crippen LogP contribution in [0.15, 0.2) is 60.7 Å². The Morgan fingerprint density at radius 1 is 1.10 bits per heavy atom. The normalized spacial score (nSPS) is 15.2. The van der Waals surface area contributed by atoms with E-state index in [1.807, 2.05) is 42.5 Å². The summed E-state index contributed by atoms with van der Waals surface area (Å²) in [4.78, 5) is 45.5. The quantitative estimate of drug-likeness (QED) is 0.249. The number of thiazole rings is 1. The van der Waals surface area contributed by atoms with Gasteiger partial charge in [-0.15, -0.1) is 11.3 Å². The van der Waals surface area contributed by atoms with Crippen molar-refractivity contribution in [2.24, 2.45) is 5.92 Å². The second-order valence-corrected chi connectivity index (χ2v) is 12.0. The van der Waals surface area contributed by atoms with Crippen LogP contribution < -0.4 is 5.32 Å². The van der Waals surface area contributed by atoms with E-state index in [1.165, 1.54) is 31.1 Å². The van der Waals surface area contributed by atoms with E-state index in [0.29, 0.717) is 42.8 Å². The van der Waals surface area contributed by atoms with Crippen molar-refractivity contribution in [1.82, 2.24) is 15.2 Å². The number of nitrogens with zero attached hydrogens (tertiary/aromatic N) is 2. The highest BCUT2D eigenvalue weighted by Gasteiger charge is 2.26. The maximum absolute atomic E-state index is 13.5. The Morgan fingerprint density at radius 2 is 1.85 bits per heavy atom. The van der Waals surface area contributed by atoms with Gasteiger partial charge < -0.3 is 10.1 Å². The molecule has 1 amide bonds. The lowest BCUT2D eigenvalue weighted by molar-refractivity contribution is -0.129. The molecule has 1 N–H and O–H groups in total. The van der Waals surface area contributed by atoms with Crippen LogP contribution in [0.2, 0.25) is 5.02 Å². The largest absolute Gasteiger partial charge is 0.353 e. The summed E-state index contributed by atoms with van der Waals surface area (Å²) in [6, 6.07) is 15.2. The van der Waals surface area contributed by atoms with Crippen LogP contribution in [0.4, 0.5) is 0 Å². The Labute approximate surface area is 239 Å². The van der Waals surface area contributed by atoms with Gasteiger partial charge in [0.1, 0.15) is 5.78 Å². The summed E-state index contributed by atoms with van der Waals surface area (Å²) >= 11 is 7.62. The topological polar surface area (TPSA) is 79.4 Å². The third-order valence-corrected chi connectivity index (χ3v) is 8.39. The van der Waals surface area contributed by atoms with Gasteiger partial charge in [0.15, 0.2) is 5.78 Å². The van der Waals surface area contributed by atoms with E-state index in [9.17, 15) is 14.4 Å². The Bertz CT molecular complexity index is 1320. The molecule has 1 fully saturated rings. The number of hydrogen-bond acceptors (Lipinski definition) is 6. The van der Waals surface area contributed by atoms with Crippen LogP contribution in [0.5, 0.6) is 0 Å². The summed E-state index contributed by atoms with van der Waals surface area (Å²) in [5, 5.41) is 4.60. The highest BCUT2D eigenvalue weighted by atomic mass is 35.5. The summed E-state index contributed by atoms with van der Waals surface area (Å²) < 4.78 is 0.953. The monoisotopic (exact) mass is 565 g/mol. The molecule has 0 aliphatic carbocycles. The molecule has 2 heterocycles. The maximum Gasteiger partial charge on any atom is 0.224 e. The Kier molecular flexibility index (Phi) is 10.4. The number of halogens is 1. The summed E-state index contributed by atoms with van der Waals surface area (Å²) in [6.45, 7) is 8.18. The lowest BCUT2D eigenvalue weighted by atomic mass is 9.95. The van der Waals surface area contributed by atoms with E-state index in [-0.39, 0.29) is 29.9 Å². The number of carbonyl (C=O) groups is 3. The van der Waals surface area contributed by atoms with E-state index < -0.39 is 5.92 Å². The predicted octanol–water partition coefficient (Wildman–Crippen LogP) is 5.82. The molecule has 8 heteroatoms. The van der Waals surface area contributed by atoms with Crippen LogP contribution in [0, 0.1) is 5.92 Å². The third kappa shape index (κ3) is 8.82. The summed E-state index contributed by atoms with van der Waals surface area (Å²) in [6.07, 6.45) is 4.26. The first-order valence-electron chi connectivity index (χ1n) is 13.6. The Hall–Kier alpha value is -2.87. The second-order valence-electron chi connectivity index (χ2n) is 10.5. The number of hydrogen-bond donors (Lipinski definition) is 1. The maximum atomic E-state index is 13.5. The zero-order chi connectivity index (χ0) is 27.8. The van der Waals surface area contributed by atoms with Crippen molar-refractivity contribution in [2.75, 3.05) is 19.6 Å². The van der Waals surface area contributed by atoms with E-state index in [2.05, 4.69) is 21.8 Å². The molecule has 1 aromatic heterocycles. The molecule has 0 unspecified atom stereocenters. The molecule has 1 aliphatic heterocycles. The number of benzene rings is 2. The van der Waals surface area contributed by atoms with Crippen molar-refractivity contribution >= 4 is 50.6 Å². The van der Waals surface area contributed by atoms with E-state index in [1.54, 1.807) is 6.07 Å². The summed E-state index contributed by atoms with van der Waals surface area (Å²) in [7, 11) is 0. The van der Waals surface area contributed by atoms with E-state index in [4.69, 9.17) is 11.6 Å². The molecular formula is C31H36ClN3O3S. The molecule has 2 atom stereocenters. The van der Waals surface area contributed by atoms with Gasteiger partial charge in [-0.2, -0.15) is 0 Å². The first-order chi connectivity index (χ1) is 18.8. The van der Waals surface area contributed by atoms with Crippen molar-refractivity contribution in [1.29, 1.82) is 0 Å². The molecule has 4 rings (SSSR count). The van der Waals surface area contributed by atoms with Gasteiger partial charge in [0.25, 0.3) is 0 Å². The number of likely N-dealkylation sites (tertiary alicyclic amines) is 1. The third-order valence-electron chi connectivity index (χ3n) is 7.12. The molecular weight excluding hydrogens is 530 g/mol. The van der Waals surface area contributed by atoms with Gasteiger partial charge in [0, 0.05) is 42.4 Å². The van der Waals surface area contributed by atoms with E-state index >= 15 is 0 Å². The van der Waals surface area contributed by atoms with Gasteiger partial charge in [0.2, 0.25) is 5.91 Å². The molecule has 3 aromatic rings. The van der Waals surface area contributed by atoms with Gasteiger partial charge in [-0.1, -0.05) is 48.5 Å². The zero-order valence-electron chi connectivity index (χ0n) is 22.5. The van der Waals surface area contributed by atoms with Crippen LogP contribution >= 0.6 is 22.9 Å². The molecule has 0 bridgehead atoms. The average Bonchev–Trinajstić information content (AvgIpc) is 3.56. The molecule has 2 aromatic carbocycles. The minimum absolute atomic E-state index is 0.0441. The second kappa shape index (κ2) is 14.0. The van der Waals surface area contributed by atoms with Gasteiger partial charge in [0.05, 0.1) is 21.1 Å². The first-order valence-corrected chi connectivity index (χ1v) is 14.8. The van der Waals surface area contributed by atoms with Crippen LogP contribution in [0.1, 0.15) is 49.6 Å². The lowest BCUT2D eigenvalue weighted by Gasteiger charge is -2.23. The summed E-state index contributed by atoms with van der Waals surface area (Å²) in [5.41, 5.74) is 2.54. The average molecular weight is 566 g/mol. The molecule has 1 aliphatic rings. The highest BCUT2D eigenvalue weighted by molar-refractivity contribution is 7.18. The van der Waals surface area contributed by atoms with E-state index in [0.717, 1.165) is 33.9 Å². The number of aromatic nitrogens is 1.